The van der Waals surface area contributed by atoms with Gasteiger partial charge in [-0.1, -0.05) is 20.8 Å². The van der Waals surface area contributed by atoms with E-state index in [-0.39, 0.29) is 30.2 Å². The van der Waals surface area contributed by atoms with Gasteiger partial charge < -0.3 is 14.6 Å². The maximum absolute atomic E-state index is 12.7. The van der Waals surface area contributed by atoms with Crippen LogP contribution in [-0.2, 0) is 28.9 Å². The minimum Gasteiger partial charge on any atom is -0.461 e. The smallest absolute Gasteiger partial charge is 0.358 e. The quantitative estimate of drug-likeness (QED) is 0.724. The predicted octanol–water partition coefficient (Wildman–Crippen LogP) is 4.09. The van der Waals surface area contributed by atoms with E-state index >= 15 is 0 Å². The molecule has 1 atom stereocenters. The van der Waals surface area contributed by atoms with Crippen LogP contribution in [0.15, 0.2) is 6.33 Å². The van der Waals surface area contributed by atoms with Crippen molar-refractivity contribution >= 4 is 28.2 Å². The Hall–Kier alpha value is -2.66. The Morgan fingerprint density at radius 1 is 1.43 bits per heavy atom. The zero-order valence-corrected chi connectivity index (χ0v) is 19.0. The SMILES string of the molecule is CCOC(=O)c1ncn(CC(=O)Nc2sc3c(c2C#N)CCC(C(C)(C)C)C3)c1C. The molecule has 2 heterocycles. The molecule has 0 bridgehead atoms. The number of carbonyl (C=O) groups excluding carboxylic acids is 2. The van der Waals surface area contributed by atoms with Crippen molar-refractivity contribution in [3.8, 4) is 6.07 Å². The molecule has 1 aliphatic rings. The van der Waals surface area contributed by atoms with Crippen LogP contribution in [0.3, 0.4) is 0 Å². The molecule has 7 nitrogen and oxygen atoms in total. The Balaban J connectivity index is 1.75. The average Bonchev–Trinajstić information content (AvgIpc) is 3.20. The number of amides is 1. The fourth-order valence-corrected chi connectivity index (χ4v) is 5.15. The molecule has 1 unspecified atom stereocenters. The topological polar surface area (TPSA) is 97.0 Å². The van der Waals surface area contributed by atoms with Crippen molar-refractivity contribution in [3.63, 3.8) is 0 Å². The summed E-state index contributed by atoms with van der Waals surface area (Å²) in [6.07, 6.45) is 4.33. The van der Waals surface area contributed by atoms with Gasteiger partial charge in [-0.15, -0.1) is 11.3 Å². The lowest BCUT2D eigenvalue weighted by molar-refractivity contribution is -0.116. The minimum absolute atomic E-state index is 0.0102. The van der Waals surface area contributed by atoms with E-state index in [0.717, 1.165) is 24.8 Å². The van der Waals surface area contributed by atoms with Crippen LogP contribution in [0.1, 0.15) is 66.3 Å². The third-order valence-electron chi connectivity index (χ3n) is 5.74. The van der Waals surface area contributed by atoms with Crippen LogP contribution in [0.5, 0.6) is 0 Å². The first-order chi connectivity index (χ1) is 14.2. The molecular weight excluding hydrogens is 400 g/mol. The van der Waals surface area contributed by atoms with Gasteiger partial charge in [0.1, 0.15) is 17.6 Å². The molecule has 2 aromatic heterocycles. The van der Waals surface area contributed by atoms with Crippen molar-refractivity contribution in [2.75, 3.05) is 11.9 Å². The fraction of sp³-hybridized carbons (Fsp3) is 0.545. The number of hydrogen-bond acceptors (Lipinski definition) is 6. The van der Waals surface area contributed by atoms with Gasteiger partial charge in [-0.2, -0.15) is 5.26 Å². The lowest BCUT2D eigenvalue weighted by Crippen LogP contribution is -2.26. The molecule has 1 N–H and O–H groups in total. The van der Waals surface area contributed by atoms with Gasteiger partial charge in [0.05, 0.1) is 18.5 Å². The maximum atomic E-state index is 12.7. The number of ether oxygens (including phenoxy) is 1. The maximum Gasteiger partial charge on any atom is 0.358 e. The summed E-state index contributed by atoms with van der Waals surface area (Å²) in [5.41, 5.74) is 2.67. The number of nitrogens with one attached hydrogen (secondary N) is 1. The van der Waals surface area contributed by atoms with E-state index in [0.29, 0.717) is 22.2 Å². The van der Waals surface area contributed by atoms with Crippen molar-refractivity contribution < 1.29 is 14.3 Å². The van der Waals surface area contributed by atoms with Crippen molar-refractivity contribution in [1.29, 1.82) is 5.26 Å². The molecule has 0 saturated carbocycles. The summed E-state index contributed by atoms with van der Waals surface area (Å²) < 4.78 is 6.59. The largest absolute Gasteiger partial charge is 0.461 e. The van der Waals surface area contributed by atoms with Crippen LogP contribution in [0, 0.1) is 29.6 Å². The van der Waals surface area contributed by atoms with Gasteiger partial charge in [-0.3, -0.25) is 4.79 Å². The third-order valence-corrected chi connectivity index (χ3v) is 6.91. The van der Waals surface area contributed by atoms with Crippen LogP contribution >= 0.6 is 11.3 Å². The number of anilines is 1. The summed E-state index contributed by atoms with van der Waals surface area (Å²) in [6.45, 7) is 10.5. The lowest BCUT2D eigenvalue weighted by Gasteiger charge is -2.33. The average molecular weight is 429 g/mol. The molecule has 0 radical (unpaired) electrons. The molecule has 3 rings (SSSR count). The number of nitrogens with zero attached hydrogens (tertiary/aromatic N) is 3. The molecule has 2 aromatic rings. The summed E-state index contributed by atoms with van der Waals surface area (Å²) in [7, 11) is 0. The summed E-state index contributed by atoms with van der Waals surface area (Å²) in [4.78, 5) is 29.9. The first-order valence-electron chi connectivity index (χ1n) is 10.2. The van der Waals surface area contributed by atoms with E-state index in [1.807, 2.05) is 0 Å². The highest BCUT2D eigenvalue weighted by molar-refractivity contribution is 7.16. The number of esters is 1. The van der Waals surface area contributed by atoms with Crippen LogP contribution in [-0.4, -0.2) is 28.0 Å². The number of hydrogen-bond donors (Lipinski definition) is 1. The molecular formula is C22H28N4O3S. The highest BCUT2D eigenvalue weighted by Gasteiger charge is 2.32. The molecule has 0 spiro atoms. The van der Waals surface area contributed by atoms with Gasteiger partial charge in [-0.05, 0) is 50.0 Å². The molecule has 1 aliphatic carbocycles. The third kappa shape index (κ3) is 4.41. The molecule has 0 aliphatic heterocycles. The highest BCUT2D eigenvalue weighted by Crippen LogP contribution is 2.43. The lowest BCUT2D eigenvalue weighted by atomic mass is 9.72. The zero-order chi connectivity index (χ0) is 22.1. The first kappa shape index (κ1) is 22.0. The van der Waals surface area contributed by atoms with Gasteiger partial charge >= 0.3 is 5.97 Å². The number of fused-ring (bicyclic) bond motifs is 1. The number of imidazole rings is 1. The summed E-state index contributed by atoms with van der Waals surface area (Å²) in [5.74, 6) is -0.192. The first-order valence-corrected chi connectivity index (χ1v) is 11.0. The fourth-order valence-electron chi connectivity index (χ4n) is 3.86. The van der Waals surface area contributed by atoms with Gasteiger partial charge in [0, 0.05) is 10.6 Å². The number of nitriles is 1. The Morgan fingerprint density at radius 3 is 2.80 bits per heavy atom. The Kier molecular flexibility index (Phi) is 6.32. The number of carbonyl (C=O) groups is 2. The number of thiophene rings is 1. The Labute approximate surface area is 181 Å². The molecule has 0 aromatic carbocycles. The van der Waals surface area contributed by atoms with Crippen LogP contribution in [0.25, 0.3) is 0 Å². The van der Waals surface area contributed by atoms with Gasteiger partial charge in [0.2, 0.25) is 5.91 Å². The van der Waals surface area contributed by atoms with Crippen LogP contribution in [0.4, 0.5) is 5.00 Å². The Bertz CT molecular complexity index is 1010. The van der Waals surface area contributed by atoms with Crippen molar-refractivity contribution in [1.82, 2.24) is 9.55 Å². The molecule has 1 amide bonds. The summed E-state index contributed by atoms with van der Waals surface area (Å²) in [6, 6.07) is 2.29. The second-order valence-electron chi connectivity index (χ2n) is 8.70. The predicted molar refractivity (Wildman–Crippen MR) is 116 cm³/mol. The number of aromatic nitrogens is 2. The van der Waals surface area contributed by atoms with Gasteiger partial charge in [-0.25, -0.2) is 9.78 Å². The monoisotopic (exact) mass is 428 g/mol. The van der Waals surface area contributed by atoms with E-state index in [2.05, 4.69) is 37.1 Å². The highest BCUT2D eigenvalue weighted by atomic mass is 32.1. The van der Waals surface area contributed by atoms with E-state index in [4.69, 9.17) is 4.74 Å². The molecule has 0 saturated heterocycles. The van der Waals surface area contributed by atoms with Crippen molar-refractivity contribution in [2.24, 2.45) is 11.3 Å². The molecule has 8 heteroatoms. The van der Waals surface area contributed by atoms with Gasteiger partial charge in [0.15, 0.2) is 5.69 Å². The van der Waals surface area contributed by atoms with Gasteiger partial charge in [0.25, 0.3) is 0 Å². The minimum atomic E-state index is -0.500. The van der Waals surface area contributed by atoms with Crippen molar-refractivity contribution in [2.45, 2.75) is 60.4 Å². The molecule has 0 fully saturated rings. The van der Waals surface area contributed by atoms with E-state index in [1.165, 1.54) is 22.5 Å². The molecule has 30 heavy (non-hydrogen) atoms. The molecule has 160 valence electrons. The van der Waals surface area contributed by atoms with Crippen molar-refractivity contribution in [3.05, 3.63) is 33.7 Å². The summed E-state index contributed by atoms with van der Waals surface area (Å²) >= 11 is 1.51. The number of rotatable bonds is 5. The van der Waals surface area contributed by atoms with E-state index in [1.54, 1.807) is 18.4 Å². The van der Waals surface area contributed by atoms with E-state index in [9.17, 15) is 14.9 Å². The van der Waals surface area contributed by atoms with E-state index < -0.39 is 5.97 Å². The second-order valence-corrected chi connectivity index (χ2v) is 9.81. The van der Waals surface area contributed by atoms with Crippen LogP contribution < -0.4 is 5.32 Å². The Morgan fingerprint density at radius 2 is 2.17 bits per heavy atom. The summed E-state index contributed by atoms with van der Waals surface area (Å²) in [5, 5.41) is 13.2. The second kappa shape index (κ2) is 8.60. The van der Waals surface area contributed by atoms with Crippen LogP contribution in [0.2, 0.25) is 0 Å². The zero-order valence-electron chi connectivity index (χ0n) is 18.2. The normalized spacial score (nSPS) is 15.9. The standard InChI is InChI=1S/C22H28N4O3S/c1-6-29-21(28)19-13(2)26(12-24-19)11-18(27)25-20-16(10-23)15-8-7-14(22(3,4)5)9-17(15)30-20/h12,14H,6-9,11H2,1-5H3,(H,25,27).